The number of fused-ring (bicyclic) bond motifs is 1. The maximum absolute atomic E-state index is 13.0. The minimum absolute atomic E-state index is 0.0750. The lowest BCUT2D eigenvalue weighted by molar-refractivity contribution is -0.115. The monoisotopic (exact) mass is 441 g/mol. The fourth-order valence-corrected chi connectivity index (χ4v) is 4.06. The van der Waals surface area contributed by atoms with Gasteiger partial charge in [-0.2, -0.15) is 0 Å². The maximum Gasteiger partial charge on any atom is 0.262 e. The number of anilines is 1. The van der Waals surface area contributed by atoms with Crippen molar-refractivity contribution in [3.63, 3.8) is 0 Å². The molecule has 1 heterocycles. The van der Waals surface area contributed by atoms with Gasteiger partial charge in [0.05, 0.1) is 30.4 Å². The number of amides is 1. The summed E-state index contributed by atoms with van der Waals surface area (Å²) >= 11 is 1.28. The molecule has 0 aliphatic rings. The Hall–Kier alpha value is -3.00. The Morgan fingerprint density at radius 1 is 1.16 bits per heavy atom. The predicted molar refractivity (Wildman–Crippen MR) is 124 cm³/mol. The van der Waals surface area contributed by atoms with E-state index < -0.39 is 5.25 Å². The van der Waals surface area contributed by atoms with Gasteiger partial charge in [-0.15, -0.1) is 0 Å². The molecular formula is C23H27N3O4S. The second-order valence-electron chi connectivity index (χ2n) is 7.04. The number of hydrogen-bond acceptors (Lipinski definition) is 6. The Balaban J connectivity index is 1.84. The smallest absolute Gasteiger partial charge is 0.262 e. The Morgan fingerprint density at radius 3 is 2.61 bits per heavy atom. The first kappa shape index (κ1) is 22.7. The Labute approximate surface area is 185 Å². The number of aromatic nitrogens is 2. The summed E-state index contributed by atoms with van der Waals surface area (Å²) in [4.78, 5) is 30.5. The molecule has 0 saturated heterocycles. The lowest BCUT2D eigenvalue weighted by atomic mass is 10.2. The summed E-state index contributed by atoms with van der Waals surface area (Å²) in [7, 11) is 3.10. The van der Waals surface area contributed by atoms with Crippen LogP contribution < -0.4 is 20.3 Å². The van der Waals surface area contributed by atoms with Gasteiger partial charge in [-0.25, -0.2) is 4.98 Å². The molecular weight excluding hydrogens is 414 g/mol. The molecule has 0 fully saturated rings. The number of unbranched alkanes of at least 4 members (excludes halogenated alkanes) is 1. The number of nitrogens with one attached hydrogen (secondary N) is 1. The largest absolute Gasteiger partial charge is 0.493 e. The van der Waals surface area contributed by atoms with Gasteiger partial charge in [-0.3, -0.25) is 14.2 Å². The molecule has 1 aromatic heterocycles. The second kappa shape index (κ2) is 10.3. The van der Waals surface area contributed by atoms with E-state index in [0.717, 1.165) is 12.8 Å². The van der Waals surface area contributed by atoms with Crippen LogP contribution in [-0.2, 0) is 11.3 Å². The molecule has 1 atom stereocenters. The third-order valence-electron chi connectivity index (χ3n) is 4.86. The summed E-state index contributed by atoms with van der Waals surface area (Å²) in [6.45, 7) is 4.44. The van der Waals surface area contributed by atoms with Gasteiger partial charge in [0.1, 0.15) is 0 Å². The molecule has 164 valence electrons. The van der Waals surface area contributed by atoms with Gasteiger partial charge < -0.3 is 14.8 Å². The first-order valence-corrected chi connectivity index (χ1v) is 11.1. The zero-order valence-corrected chi connectivity index (χ0v) is 19.0. The minimum Gasteiger partial charge on any atom is -0.493 e. The Bertz CT molecular complexity index is 1130. The minimum atomic E-state index is -0.464. The van der Waals surface area contributed by atoms with Gasteiger partial charge in [0.25, 0.3) is 5.56 Å². The van der Waals surface area contributed by atoms with Gasteiger partial charge in [0, 0.05) is 18.3 Å². The molecule has 0 aliphatic heterocycles. The van der Waals surface area contributed by atoms with Crippen LogP contribution in [0.1, 0.15) is 26.7 Å². The number of ether oxygens (including phenoxy) is 2. The molecule has 0 saturated carbocycles. The van der Waals surface area contributed by atoms with Crippen molar-refractivity contribution in [3.8, 4) is 11.5 Å². The van der Waals surface area contributed by atoms with Crippen molar-refractivity contribution in [1.29, 1.82) is 0 Å². The molecule has 3 aromatic rings. The third-order valence-corrected chi connectivity index (χ3v) is 5.95. The van der Waals surface area contributed by atoms with E-state index in [-0.39, 0.29) is 11.5 Å². The molecule has 0 spiro atoms. The van der Waals surface area contributed by atoms with Crippen LogP contribution in [0.3, 0.4) is 0 Å². The van der Waals surface area contributed by atoms with E-state index in [2.05, 4.69) is 17.2 Å². The third kappa shape index (κ3) is 5.19. The number of carbonyl (C=O) groups is 1. The first-order chi connectivity index (χ1) is 15.0. The normalized spacial score (nSPS) is 11.9. The highest BCUT2D eigenvalue weighted by molar-refractivity contribution is 8.00. The van der Waals surface area contributed by atoms with Crippen LogP contribution in [0.15, 0.2) is 52.4 Å². The van der Waals surface area contributed by atoms with Crippen molar-refractivity contribution in [2.24, 2.45) is 0 Å². The molecule has 2 aromatic carbocycles. The van der Waals surface area contributed by atoms with Gasteiger partial charge in [0.2, 0.25) is 5.91 Å². The number of rotatable bonds is 9. The highest BCUT2D eigenvalue weighted by Crippen LogP contribution is 2.30. The molecule has 31 heavy (non-hydrogen) atoms. The molecule has 0 aliphatic carbocycles. The van der Waals surface area contributed by atoms with Crippen LogP contribution in [0.4, 0.5) is 5.69 Å². The van der Waals surface area contributed by atoms with Crippen LogP contribution >= 0.6 is 11.8 Å². The summed E-state index contributed by atoms with van der Waals surface area (Å²) in [5, 5.41) is 3.56. The van der Waals surface area contributed by atoms with Crippen LogP contribution in [0.2, 0.25) is 0 Å². The second-order valence-corrected chi connectivity index (χ2v) is 8.35. The van der Waals surface area contributed by atoms with Gasteiger partial charge in [0.15, 0.2) is 16.7 Å². The van der Waals surface area contributed by atoms with E-state index in [4.69, 9.17) is 9.47 Å². The van der Waals surface area contributed by atoms with E-state index in [9.17, 15) is 9.59 Å². The van der Waals surface area contributed by atoms with Crippen molar-refractivity contribution in [1.82, 2.24) is 9.55 Å². The molecule has 1 unspecified atom stereocenters. The van der Waals surface area contributed by atoms with Crippen molar-refractivity contribution in [3.05, 3.63) is 52.8 Å². The Kier molecular flexibility index (Phi) is 7.57. The van der Waals surface area contributed by atoms with E-state index in [1.54, 1.807) is 50.0 Å². The number of nitrogens with zero attached hydrogens (tertiary/aromatic N) is 2. The van der Waals surface area contributed by atoms with Crippen molar-refractivity contribution < 1.29 is 14.3 Å². The summed E-state index contributed by atoms with van der Waals surface area (Å²) in [6.07, 6.45) is 1.82. The van der Waals surface area contributed by atoms with Gasteiger partial charge in [-0.1, -0.05) is 37.2 Å². The fraction of sp³-hybridized carbons (Fsp3) is 0.348. The van der Waals surface area contributed by atoms with E-state index in [1.165, 1.54) is 11.8 Å². The van der Waals surface area contributed by atoms with Crippen LogP contribution in [0, 0.1) is 0 Å². The maximum atomic E-state index is 13.0. The van der Waals surface area contributed by atoms with Gasteiger partial charge >= 0.3 is 0 Å². The number of methoxy groups -OCH3 is 2. The number of thioether (sulfide) groups is 1. The SMILES string of the molecule is CCCCn1c(SC(C)C(=O)Nc2ccc(OC)c(OC)c2)nc2ccccc2c1=O. The summed E-state index contributed by atoms with van der Waals surface area (Å²) in [5.74, 6) is 0.926. The number of hydrogen-bond donors (Lipinski definition) is 1. The molecule has 0 radical (unpaired) electrons. The average molecular weight is 442 g/mol. The van der Waals surface area contributed by atoms with E-state index >= 15 is 0 Å². The number of para-hydroxylation sites is 1. The zero-order valence-electron chi connectivity index (χ0n) is 18.2. The van der Waals surface area contributed by atoms with Crippen molar-refractivity contribution >= 4 is 34.3 Å². The average Bonchev–Trinajstić information content (AvgIpc) is 2.78. The lowest BCUT2D eigenvalue weighted by Crippen LogP contribution is -2.27. The Morgan fingerprint density at radius 2 is 1.90 bits per heavy atom. The topological polar surface area (TPSA) is 82.5 Å². The van der Waals surface area contributed by atoms with Crippen LogP contribution in [0.25, 0.3) is 10.9 Å². The van der Waals surface area contributed by atoms with E-state index in [1.807, 2.05) is 18.2 Å². The molecule has 3 rings (SSSR count). The highest BCUT2D eigenvalue weighted by atomic mass is 32.2. The summed E-state index contributed by atoms with van der Waals surface area (Å²) in [6, 6.07) is 12.5. The molecule has 8 heteroatoms. The predicted octanol–water partition coefficient (Wildman–Crippen LogP) is 4.33. The zero-order chi connectivity index (χ0) is 22.4. The lowest BCUT2D eigenvalue weighted by Gasteiger charge is -2.17. The molecule has 1 amide bonds. The molecule has 0 bridgehead atoms. The summed E-state index contributed by atoms with van der Waals surface area (Å²) < 4.78 is 12.2. The molecule has 7 nitrogen and oxygen atoms in total. The number of benzene rings is 2. The van der Waals surface area contributed by atoms with Gasteiger partial charge in [-0.05, 0) is 37.6 Å². The van der Waals surface area contributed by atoms with Crippen LogP contribution in [0.5, 0.6) is 11.5 Å². The van der Waals surface area contributed by atoms with Crippen molar-refractivity contribution in [2.75, 3.05) is 19.5 Å². The first-order valence-electron chi connectivity index (χ1n) is 10.2. The quantitative estimate of drug-likeness (QED) is 0.393. The molecule has 1 N–H and O–H groups in total. The standard InChI is InChI=1S/C23H27N3O4S/c1-5-6-13-26-22(28)17-9-7-8-10-18(17)25-23(26)31-15(2)21(27)24-16-11-12-19(29-3)20(14-16)30-4/h7-12,14-15H,5-6,13H2,1-4H3,(H,24,27). The highest BCUT2D eigenvalue weighted by Gasteiger charge is 2.20. The fourth-order valence-electron chi connectivity index (χ4n) is 3.12. The van der Waals surface area contributed by atoms with Crippen LogP contribution in [-0.4, -0.2) is 34.9 Å². The summed E-state index contributed by atoms with van der Waals surface area (Å²) in [5.41, 5.74) is 1.16. The van der Waals surface area contributed by atoms with E-state index in [0.29, 0.717) is 39.8 Å². The number of carbonyl (C=O) groups excluding carboxylic acids is 1. The van der Waals surface area contributed by atoms with Crippen molar-refractivity contribution in [2.45, 2.75) is 43.6 Å².